The van der Waals surface area contributed by atoms with Gasteiger partial charge >= 0.3 is 0 Å². The summed E-state index contributed by atoms with van der Waals surface area (Å²) in [4.78, 5) is 18.2. The van der Waals surface area contributed by atoms with E-state index < -0.39 is 0 Å². The van der Waals surface area contributed by atoms with Gasteiger partial charge in [-0.15, -0.1) is 0 Å². The molecule has 0 bridgehead atoms. The number of fused-ring (bicyclic) bond motifs is 2. The second-order valence-electron chi connectivity index (χ2n) is 3.86. The Morgan fingerprint density at radius 2 is 2.21 bits per heavy atom. The van der Waals surface area contributed by atoms with Crippen LogP contribution in [-0.4, -0.2) is 17.1 Å². The van der Waals surface area contributed by atoms with Crippen LogP contribution in [0.1, 0.15) is 0 Å². The Bertz CT molecular complexity index is 871. The molecule has 0 fully saturated rings. The monoisotopic (exact) mass is 294 g/mol. The van der Waals surface area contributed by atoms with E-state index in [-0.39, 0.29) is 16.2 Å². The maximum atomic E-state index is 11.8. The van der Waals surface area contributed by atoms with Gasteiger partial charge in [0.05, 0.1) is 7.11 Å². The molecule has 2 heterocycles. The van der Waals surface area contributed by atoms with Crippen molar-refractivity contribution in [2.24, 2.45) is 0 Å². The molecule has 1 aromatic rings. The van der Waals surface area contributed by atoms with E-state index in [0.29, 0.717) is 27.3 Å². The highest BCUT2D eigenvalue weighted by atomic mass is 35.5. The van der Waals surface area contributed by atoms with Crippen LogP contribution in [0.25, 0.3) is 22.4 Å². The second kappa shape index (κ2) is 4.32. The van der Waals surface area contributed by atoms with E-state index in [4.69, 9.17) is 33.0 Å². The maximum Gasteiger partial charge on any atom is 0.262 e. The Hall–Kier alpha value is -1.92. The maximum absolute atomic E-state index is 11.8. The third kappa shape index (κ3) is 1.98. The van der Waals surface area contributed by atoms with Crippen LogP contribution in [0, 0.1) is 4.77 Å². The van der Waals surface area contributed by atoms with Crippen molar-refractivity contribution in [1.82, 2.24) is 9.97 Å². The number of nitrogens with zero attached hydrogens (tertiary/aromatic N) is 1. The smallest absolute Gasteiger partial charge is 0.262 e. The van der Waals surface area contributed by atoms with Gasteiger partial charge in [0.25, 0.3) is 5.56 Å². The Morgan fingerprint density at radius 1 is 1.42 bits per heavy atom. The fraction of sp³-hybridized carbons (Fsp3) is 0.0833. The van der Waals surface area contributed by atoms with Crippen LogP contribution in [0.2, 0.25) is 5.02 Å². The first-order chi connectivity index (χ1) is 9.08. The van der Waals surface area contributed by atoms with E-state index in [2.05, 4.69) is 9.97 Å². The molecular formula is C12H7ClN2O3S. The third-order valence-electron chi connectivity index (χ3n) is 2.67. The number of aromatic nitrogens is 2. The van der Waals surface area contributed by atoms with Crippen molar-refractivity contribution in [1.29, 1.82) is 0 Å². The lowest BCUT2D eigenvalue weighted by Gasteiger charge is -2.08. The van der Waals surface area contributed by atoms with Crippen molar-refractivity contribution in [3.05, 3.63) is 38.3 Å². The number of hydrogen-bond donors (Lipinski definition) is 1. The largest absolute Gasteiger partial charge is 0.493 e. The summed E-state index contributed by atoms with van der Waals surface area (Å²) in [6, 6.07) is 4.95. The lowest BCUT2D eigenvalue weighted by molar-refractivity contribution is 0.409. The van der Waals surface area contributed by atoms with Crippen molar-refractivity contribution in [2.75, 3.05) is 7.11 Å². The second-order valence-corrected chi connectivity index (χ2v) is 4.69. The summed E-state index contributed by atoms with van der Waals surface area (Å²) in [7, 11) is 1.51. The van der Waals surface area contributed by atoms with Crippen molar-refractivity contribution >= 4 is 34.8 Å². The number of nitrogens with one attached hydrogen (secondary N) is 1. The molecule has 0 aliphatic carbocycles. The molecule has 3 rings (SSSR count). The standard InChI is InChI=1S/C12H7ClN2O3S/c1-17-8-4-6(13)2-5-3-7-10(16)14-12(19)15-11(7)18-9(5)8/h2-4H,1H3,(H,14,16,19). The van der Waals surface area contributed by atoms with Gasteiger partial charge in [-0.25, -0.2) is 0 Å². The average Bonchev–Trinajstić information content (AvgIpc) is 2.36. The Labute approximate surface area is 117 Å². The molecule has 96 valence electrons. The van der Waals surface area contributed by atoms with Gasteiger partial charge in [0.2, 0.25) is 10.7 Å². The molecule has 5 nitrogen and oxygen atoms in total. The summed E-state index contributed by atoms with van der Waals surface area (Å²) >= 11 is 10.8. The minimum atomic E-state index is -0.348. The van der Waals surface area contributed by atoms with Crippen molar-refractivity contribution in [3.63, 3.8) is 0 Å². The van der Waals surface area contributed by atoms with Crippen LogP contribution in [0.5, 0.6) is 5.75 Å². The number of hydrogen-bond acceptors (Lipinski definition) is 5. The molecule has 0 atom stereocenters. The van der Waals surface area contributed by atoms with Crippen molar-refractivity contribution in [3.8, 4) is 17.2 Å². The van der Waals surface area contributed by atoms with Crippen LogP contribution < -0.4 is 10.3 Å². The molecule has 2 aliphatic heterocycles. The Morgan fingerprint density at radius 3 is 2.95 bits per heavy atom. The minimum absolute atomic E-state index is 0.0773. The number of aromatic amines is 1. The van der Waals surface area contributed by atoms with E-state index in [9.17, 15) is 4.79 Å². The van der Waals surface area contributed by atoms with Crippen LogP contribution in [-0.2, 0) is 0 Å². The van der Waals surface area contributed by atoms with Gasteiger partial charge in [-0.05, 0) is 24.4 Å². The van der Waals surface area contributed by atoms with Gasteiger partial charge in [0.15, 0.2) is 11.3 Å². The first kappa shape index (κ1) is 12.1. The minimum Gasteiger partial charge on any atom is -0.493 e. The Kier molecular flexibility index (Phi) is 2.76. The number of halogens is 1. The van der Waals surface area contributed by atoms with E-state index in [1.807, 2.05) is 0 Å². The highest BCUT2D eigenvalue weighted by Gasteiger charge is 2.15. The molecule has 0 aromatic heterocycles. The number of benzene rings is 1. The van der Waals surface area contributed by atoms with E-state index in [1.165, 1.54) is 7.11 Å². The zero-order valence-corrected chi connectivity index (χ0v) is 11.3. The zero-order chi connectivity index (χ0) is 13.6. The highest BCUT2D eigenvalue weighted by Crippen LogP contribution is 2.33. The molecule has 7 heteroatoms. The van der Waals surface area contributed by atoms with Crippen molar-refractivity contribution < 1.29 is 9.15 Å². The summed E-state index contributed by atoms with van der Waals surface area (Å²) in [6.07, 6.45) is 0. The third-order valence-corrected chi connectivity index (χ3v) is 3.08. The summed E-state index contributed by atoms with van der Waals surface area (Å²) in [6.45, 7) is 0. The molecule has 2 aliphatic rings. The summed E-state index contributed by atoms with van der Waals surface area (Å²) in [5.74, 6) is 0.638. The molecule has 0 spiro atoms. The van der Waals surface area contributed by atoms with Gasteiger partial charge in [-0.3, -0.25) is 9.78 Å². The quantitative estimate of drug-likeness (QED) is 0.552. The lowest BCUT2D eigenvalue weighted by atomic mass is 10.1. The first-order valence-electron chi connectivity index (χ1n) is 5.30. The number of H-pyrrole nitrogens is 1. The summed E-state index contributed by atoms with van der Waals surface area (Å²) in [5, 5.41) is 1.14. The SMILES string of the molecule is COc1cc(Cl)cc2cc3c(=O)[nH]c(=S)nc-3oc12. The van der Waals surface area contributed by atoms with E-state index >= 15 is 0 Å². The molecule has 0 saturated carbocycles. The topological polar surface area (TPSA) is 68.1 Å². The van der Waals surface area contributed by atoms with Gasteiger partial charge in [-0.1, -0.05) is 11.6 Å². The highest BCUT2D eigenvalue weighted by molar-refractivity contribution is 7.71. The predicted molar refractivity (Wildman–Crippen MR) is 73.6 cm³/mol. The van der Waals surface area contributed by atoms with Gasteiger partial charge in [0, 0.05) is 16.5 Å². The molecule has 0 saturated heterocycles. The number of rotatable bonds is 1. The fourth-order valence-electron chi connectivity index (χ4n) is 1.86. The molecule has 1 aromatic carbocycles. The molecule has 0 radical (unpaired) electrons. The summed E-state index contributed by atoms with van der Waals surface area (Å²) < 4.78 is 10.9. The van der Waals surface area contributed by atoms with Gasteiger partial charge < -0.3 is 9.15 Å². The average molecular weight is 295 g/mol. The normalized spacial score (nSPS) is 11.1. The molecule has 19 heavy (non-hydrogen) atoms. The molecule has 0 unspecified atom stereocenters. The van der Waals surface area contributed by atoms with E-state index in [0.717, 1.165) is 0 Å². The van der Waals surface area contributed by atoms with Crippen LogP contribution in [0.4, 0.5) is 0 Å². The van der Waals surface area contributed by atoms with Crippen LogP contribution in [0.15, 0.2) is 27.4 Å². The number of ether oxygens (including phenoxy) is 1. The first-order valence-corrected chi connectivity index (χ1v) is 6.08. The summed E-state index contributed by atoms with van der Waals surface area (Å²) in [5.41, 5.74) is 0.428. The lowest BCUT2D eigenvalue weighted by Crippen LogP contribution is -2.11. The van der Waals surface area contributed by atoms with Crippen molar-refractivity contribution in [2.45, 2.75) is 0 Å². The van der Waals surface area contributed by atoms with Gasteiger partial charge in [0.1, 0.15) is 5.56 Å². The number of methoxy groups -OCH3 is 1. The molecular weight excluding hydrogens is 288 g/mol. The van der Waals surface area contributed by atoms with E-state index in [1.54, 1.807) is 18.2 Å². The van der Waals surface area contributed by atoms with Crippen LogP contribution >= 0.6 is 23.8 Å². The van der Waals surface area contributed by atoms with Crippen LogP contribution in [0.3, 0.4) is 0 Å². The zero-order valence-electron chi connectivity index (χ0n) is 9.69. The Balaban J connectivity index is 2.53. The fourth-order valence-corrected chi connectivity index (χ4v) is 2.25. The van der Waals surface area contributed by atoms with Gasteiger partial charge in [-0.2, -0.15) is 4.98 Å². The predicted octanol–water partition coefficient (Wildman–Crippen LogP) is 3.01. The molecule has 1 N–H and O–H groups in total. The molecule has 0 amide bonds.